The van der Waals surface area contributed by atoms with Crippen LogP contribution in [0.25, 0.3) is 0 Å². The van der Waals surface area contributed by atoms with Gasteiger partial charge in [-0.05, 0) is 42.9 Å². The van der Waals surface area contributed by atoms with Crippen LogP contribution >= 0.6 is 11.6 Å². The summed E-state index contributed by atoms with van der Waals surface area (Å²) in [6.07, 6.45) is 5.04. The van der Waals surface area contributed by atoms with Crippen LogP contribution in [0.1, 0.15) is 37.7 Å². The Kier molecular flexibility index (Phi) is 5.41. The van der Waals surface area contributed by atoms with Crippen molar-refractivity contribution in [3.05, 3.63) is 34.9 Å². The number of benzene rings is 1. The molecule has 6 heteroatoms. The van der Waals surface area contributed by atoms with E-state index in [1.807, 2.05) is 17.0 Å². The van der Waals surface area contributed by atoms with E-state index in [1.54, 1.807) is 12.1 Å². The summed E-state index contributed by atoms with van der Waals surface area (Å²) in [6.45, 7) is 0.585. The lowest BCUT2D eigenvalue weighted by Gasteiger charge is -2.32. The van der Waals surface area contributed by atoms with Gasteiger partial charge in [0.2, 0.25) is 5.91 Å². The number of amides is 1. The number of carboxylic acids is 1. The fourth-order valence-corrected chi connectivity index (χ4v) is 4.17. The first-order valence-electron chi connectivity index (χ1n) is 8.54. The zero-order chi connectivity index (χ0) is 17.1. The molecule has 1 heterocycles. The summed E-state index contributed by atoms with van der Waals surface area (Å²) in [5, 5.41) is 13.0. The van der Waals surface area contributed by atoms with Gasteiger partial charge >= 0.3 is 5.97 Å². The van der Waals surface area contributed by atoms with Crippen LogP contribution in [-0.2, 0) is 16.1 Å². The molecule has 0 unspecified atom stereocenters. The highest BCUT2D eigenvalue weighted by Gasteiger charge is 2.45. The van der Waals surface area contributed by atoms with Gasteiger partial charge < -0.3 is 10.4 Å². The first-order chi connectivity index (χ1) is 11.5. The summed E-state index contributed by atoms with van der Waals surface area (Å²) in [4.78, 5) is 25.8. The maximum absolute atomic E-state index is 12.3. The molecule has 1 saturated carbocycles. The summed E-state index contributed by atoms with van der Waals surface area (Å²) in [6, 6.07) is 7.03. The lowest BCUT2D eigenvalue weighted by atomic mass is 9.85. The quantitative estimate of drug-likeness (QED) is 0.856. The van der Waals surface area contributed by atoms with Crippen LogP contribution in [-0.4, -0.2) is 40.5 Å². The van der Waals surface area contributed by atoms with Gasteiger partial charge in [0, 0.05) is 17.6 Å². The van der Waals surface area contributed by atoms with E-state index in [2.05, 4.69) is 5.32 Å². The third kappa shape index (κ3) is 3.90. The van der Waals surface area contributed by atoms with Crippen molar-refractivity contribution in [1.29, 1.82) is 0 Å². The third-order valence-corrected chi connectivity index (χ3v) is 5.49. The highest BCUT2D eigenvalue weighted by molar-refractivity contribution is 6.30. The minimum atomic E-state index is -0.810. The normalized spacial score (nSPS) is 26.8. The molecule has 1 aromatic carbocycles. The van der Waals surface area contributed by atoms with Crippen LogP contribution in [0.15, 0.2) is 24.3 Å². The van der Waals surface area contributed by atoms with E-state index in [0.717, 1.165) is 24.8 Å². The number of nitrogens with zero attached hydrogens (tertiary/aromatic N) is 1. The van der Waals surface area contributed by atoms with Crippen molar-refractivity contribution >= 4 is 23.5 Å². The number of carboxylic acid groups (broad SMARTS) is 1. The number of rotatable bonds is 5. The van der Waals surface area contributed by atoms with E-state index in [1.165, 1.54) is 6.42 Å². The number of hydrogen-bond donors (Lipinski definition) is 2. The summed E-state index contributed by atoms with van der Waals surface area (Å²) in [7, 11) is 0. The third-order valence-electron chi connectivity index (χ3n) is 5.24. The van der Waals surface area contributed by atoms with Crippen molar-refractivity contribution in [2.75, 3.05) is 6.54 Å². The van der Waals surface area contributed by atoms with Crippen LogP contribution < -0.4 is 5.32 Å². The van der Waals surface area contributed by atoms with E-state index < -0.39 is 12.0 Å². The molecule has 2 N–H and O–H groups in total. The fraction of sp³-hybridized carbons (Fsp3) is 0.556. The summed E-state index contributed by atoms with van der Waals surface area (Å²) < 4.78 is 0. The van der Waals surface area contributed by atoms with E-state index in [0.29, 0.717) is 23.9 Å². The maximum Gasteiger partial charge on any atom is 0.320 e. The van der Waals surface area contributed by atoms with Crippen molar-refractivity contribution in [3.8, 4) is 0 Å². The first kappa shape index (κ1) is 17.2. The fourth-order valence-electron chi connectivity index (χ4n) is 4.05. The number of carbonyl (C=O) groups excluding carboxylic acids is 1. The molecule has 1 aromatic rings. The molecule has 1 amide bonds. The van der Waals surface area contributed by atoms with E-state index in [9.17, 15) is 14.7 Å². The van der Waals surface area contributed by atoms with Crippen LogP contribution in [0.5, 0.6) is 0 Å². The predicted octanol–water partition coefficient (Wildman–Crippen LogP) is 2.67. The minimum absolute atomic E-state index is 0.123. The van der Waals surface area contributed by atoms with Gasteiger partial charge in [-0.3, -0.25) is 14.5 Å². The zero-order valence-electron chi connectivity index (χ0n) is 13.6. The number of halogens is 1. The molecule has 2 fully saturated rings. The van der Waals surface area contributed by atoms with Crippen molar-refractivity contribution in [3.63, 3.8) is 0 Å². The van der Waals surface area contributed by atoms with Gasteiger partial charge in [0.25, 0.3) is 0 Å². The zero-order valence-corrected chi connectivity index (χ0v) is 14.3. The number of carbonyl (C=O) groups is 2. The molecule has 24 heavy (non-hydrogen) atoms. The molecule has 1 saturated heterocycles. The van der Waals surface area contributed by atoms with Crippen LogP contribution in [0.2, 0.25) is 5.02 Å². The smallest absolute Gasteiger partial charge is 0.320 e. The number of aliphatic carboxylic acids is 1. The lowest BCUT2D eigenvalue weighted by molar-refractivity contribution is -0.143. The predicted molar refractivity (Wildman–Crippen MR) is 91.8 cm³/mol. The number of fused-ring (bicyclic) bond motifs is 1. The molecular weight excluding hydrogens is 328 g/mol. The van der Waals surface area contributed by atoms with Gasteiger partial charge in [-0.15, -0.1) is 0 Å². The Hall–Kier alpha value is -1.59. The van der Waals surface area contributed by atoms with E-state index >= 15 is 0 Å². The van der Waals surface area contributed by atoms with Gasteiger partial charge in [-0.25, -0.2) is 0 Å². The maximum atomic E-state index is 12.3. The molecule has 0 radical (unpaired) electrons. The number of nitrogens with one attached hydrogen (secondary N) is 1. The molecule has 3 rings (SSSR count). The summed E-state index contributed by atoms with van der Waals surface area (Å²) in [5.74, 6) is -0.513. The molecule has 5 nitrogen and oxygen atoms in total. The largest absolute Gasteiger partial charge is 0.480 e. The number of hydrogen-bond acceptors (Lipinski definition) is 3. The Balaban J connectivity index is 1.59. The number of likely N-dealkylation sites (tertiary alicyclic amines) is 1. The molecular formula is C18H23ClN2O3. The van der Waals surface area contributed by atoms with E-state index in [-0.39, 0.29) is 18.5 Å². The van der Waals surface area contributed by atoms with E-state index in [4.69, 9.17) is 11.6 Å². The second-order valence-corrected chi connectivity index (χ2v) is 7.21. The molecule has 0 spiro atoms. The molecule has 3 atom stereocenters. The summed E-state index contributed by atoms with van der Waals surface area (Å²) in [5.41, 5.74) is 0.972. The highest BCUT2D eigenvalue weighted by Crippen LogP contribution is 2.39. The molecule has 1 aliphatic carbocycles. The average molecular weight is 351 g/mol. The van der Waals surface area contributed by atoms with Gasteiger partial charge in [-0.1, -0.05) is 36.6 Å². The van der Waals surface area contributed by atoms with Crippen molar-refractivity contribution in [2.45, 2.75) is 50.7 Å². The Morgan fingerprint density at radius 1 is 1.21 bits per heavy atom. The Morgan fingerprint density at radius 3 is 2.62 bits per heavy atom. The topological polar surface area (TPSA) is 69.6 Å². The van der Waals surface area contributed by atoms with Crippen LogP contribution in [0.4, 0.5) is 0 Å². The highest BCUT2D eigenvalue weighted by atomic mass is 35.5. The molecule has 2 aliphatic rings. The van der Waals surface area contributed by atoms with Crippen LogP contribution in [0.3, 0.4) is 0 Å². The first-order valence-corrected chi connectivity index (χ1v) is 8.92. The van der Waals surface area contributed by atoms with Gasteiger partial charge in [0.1, 0.15) is 6.04 Å². The Bertz CT molecular complexity index is 605. The lowest BCUT2D eigenvalue weighted by Crippen LogP contribution is -2.47. The van der Waals surface area contributed by atoms with Crippen LogP contribution in [0, 0.1) is 5.92 Å². The molecule has 0 aromatic heterocycles. The average Bonchev–Trinajstić information content (AvgIpc) is 2.93. The van der Waals surface area contributed by atoms with Crippen molar-refractivity contribution in [2.24, 2.45) is 5.92 Å². The SMILES string of the molecule is O=C(CN1[C@@H]2CCCC[C@H]2C[C@H]1C(=O)O)NCc1ccc(Cl)cc1. The van der Waals surface area contributed by atoms with Crippen molar-refractivity contribution < 1.29 is 14.7 Å². The molecule has 1 aliphatic heterocycles. The summed E-state index contributed by atoms with van der Waals surface area (Å²) >= 11 is 5.85. The van der Waals surface area contributed by atoms with Gasteiger partial charge in [0.05, 0.1) is 6.54 Å². The molecule has 0 bridgehead atoms. The van der Waals surface area contributed by atoms with Gasteiger partial charge in [-0.2, -0.15) is 0 Å². The Morgan fingerprint density at radius 2 is 1.92 bits per heavy atom. The molecule has 130 valence electrons. The standard InChI is InChI=1S/C18H23ClN2O3/c19-14-7-5-12(6-8-14)10-20-17(22)11-21-15-4-2-1-3-13(15)9-16(21)18(23)24/h5-8,13,15-16H,1-4,9-11H2,(H,20,22)(H,23,24)/t13-,15+,16-/m0/s1. The second kappa shape index (κ2) is 7.53. The van der Waals surface area contributed by atoms with Crippen molar-refractivity contribution in [1.82, 2.24) is 10.2 Å². The monoisotopic (exact) mass is 350 g/mol. The second-order valence-electron chi connectivity index (χ2n) is 6.78. The van der Waals surface area contributed by atoms with Gasteiger partial charge in [0.15, 0.2) is 0 Å². The minimum Gasteiger partial charge on any atom is -0.480 e. The Labute approximate surface area is 147 Å².